The molecule has 1 rings (SSSR count). The molecule has 0 saturated heterocycles. The van der Waals surface area contributed by atoms with Crippen molar-refractivity contribution in [2.75, 3.05) is 13.1 Å². The molecule has 0 aromatic heterocycles. The maximum Gasteiger partial charge on any atom is 0.309 e. The lowest BCUT2D eigenvalue weighted by atomic mass is 10.4. The van der Waals surface area contributed by atoms with Crippen molar-refractivity contribution in [3.05, 3.63) is 0 Å². The van der Waals surface area contributed by atoms with Crippen molar-refractivity contribution in [1.29, 1.82) is 0 Å². The molecule has 5 nitrogen and oxygen atoms in total. The number of amides is 2. The Labute approximate surface area is 87.4 Å². The van der Waals surface area contributed by atoms with E-state index in [2.05, 4.69) is 22.9 Å². The van der Waals surface area contributed by atoms with Gasteiger partial charge in [0, 0.05) is 6.54 Å². The number of hydrogen-bond donors (Lipinski definition) is 3. The molecule has 1 fully saturated rings. The van der Waals surface area contributed by atoms with E-state index in [-0.39, 0.29) is 11.5 Å². The minimum absolute atomic E-state index is 0.0605. The van der Waals surface area contributed by atoms with Crippen LogP contribution in [-0.4, -0.2) is 29.9 Å². The molecule has 1 aliphatic rings. The van der Waals surface area contributed by atoms with Gasteiger partial charge in [0.25, 0.3) is 0 Å². The molecule has 1 aliphatic carbocycles. The summed E-state index contributed by atoms with van der Waals surface area (Å²) in [7, 11) is 0. The van der Waals surface area contributed by atoms with Gasteiger partial charge in [-0.25, -0.2) is 0 Å². The highest BCUT2D eigenvalue weighted by molar-refractivity contribution is 7.80. The molecule has 0 aromatic rings. The maximum atomic E-state index is 11.1. The second kappa shape index (κ2) is 4.90. The number of carbonyl (C=O) groups excluding carboxylic acids is 2. The quantitative estimate of drug-likeness (QED) is 0.411. The first-order chi connectivity index (χ1) is 6.59. The highest BCUT2D eigenvalue weighted by atomic mass is 32.1. The van der Waals surface area contributed by atoms with Crippen molar-refractivity contribution in [2.45, 2.75) is 12.8 Å². The summed E-state index contributed by atoms with van der Waals surface area (Å²) in [6, 6.07) is 0. The van der Waals surface area contributed by atoms with Gasteiger partial charge in [0.2, 0.25) is 0 Å². The molecule has 2 amide bonds. The Kier molecular flexibility index (Phi) is 3.82. The third kappa shape index (κ3) is 4.18. The molecular formula is C8H13N3O2S. The predicted octanol–water partition coefficient (Wildman–Crippen LogP) is -1.09. The molecule has 4 N–H and O–H groups in total. The third-order valence-electron chi connectivity index (χ3n) is 1.88. The van der Waals surface area contributed by atoms with Crippen LogP contribution in [-0.2, 0) is 9.59 Å². The number of carbonyl (C=O) groups is 2. The number of nitrogens with one attached hydrogen (secondary N) is 2. The van der Waals surface area contributed by atoms with Gasteiger partial charge in [-0.1, -0.05) is 12.2 Å². The third-order valence-corrected chi connectivity index (χ3v) is 2.02. The lowest BCUT2D eigenvalue weighted by Crippen LogP contribution is -2.43. The molecule has 0 atom stereocenters. The van der Waals surface area contributed by atoms with Crippen LogP contribution in [0.5, 0.6) is 0 Å². The van der Waals surface area contributed by atoms with Crippen molar-refractivity contribution in [1.82, 2.24) is 10.6 Å². The largest absolute Gasteiger partial charge is 0.392 e. The van der Waals surface area contributed by atoms with Crippen molar-refractivity contribution in [3.8, 4) is 0 Å². The van der Waals surface area contributed by atoms with Crippen LogP contribution < -0.4 is 16.4 Å². The van der Waals surface area contributed by atoms with Crippen molar-refractivity contribution in [3.63, 3.8) is 0 Å². The van der Waals surface area contributed by atoms with E-state index >= 15 is 0 Å². The molecule has 14 heavy (non-hydrogen) atoms. The Morgan fingerprint density at radius 3 is 2.36 bits per heavy atom. The van der Waals surface area contributed by atoms with E-state index in [1.54, 1.807) is 0 Å². The van der Waals surface area contributed by atoms with E-state index in [1.807, 2.05) is 0 Å². The van der Waals surface area contributed by atoms with Crippen molar-refractivity contribution >= 4 is 29.0 Å². The minimum atomic E-state index is -0.682. The van der Waals surface area contributed by atoms with Crippen LogP contribution in [0.25, 0.3) is 0 Å². The Morgan fingerprint density at radius 2 is 1.86 bits per heavy atom. The van der Waals surface area contributed by atoms with Gasteiger partial charge in [0.1, 0.15) is 0 Å². The fourth-order valence-electron chi connectivity index (χ4n) is 0.887. The molecule has 0 radical (unpaired) electrons. The van der Waals surface area contributed by atoms with Crippen LogP contribution in [0, 0.1) is 5.92 Å². The van der Waals surface area contributed by atoms with E-state index in [4.69, 9.17) is 5.73 Å². The van der Waals surface area contributed by atoms with Gasteiger partial charge in [-0.3, -0.25) is 9.59 Å². The Balaban J connectivity index is 2.14. The number of hydrogen-bond acceptors (Lipinski definition) is 3. The van der Waals surface area contributed by atoms with Gasteiger partial charge in [-0.2, -0.15) is 0 Å². The number of rotatable bonds is 4. The van der Waals surface area contributed by atoms with Gasteiger partial charge in [0.15, 0.2) is 0 Å². The highest BCUT2D eigenvalue weighted by Crippen LogP contribution is 2.27. The summed E-state index contributed by atoms with van der Waals surface area (Å²) in [5, 5.41) is 4.84. The van der Waals surface area contributed by atoms with Crippen molar-refractivity contribution in [2.24, 2.45) is 11.7 Å². The molecule has 0 bridgehead atoms. The molecule has 78 valence electrons. The maximum absolute atomic E-state index is 11.1. The summed E-state index contributed by atoms with van der Waals surface area (Å²) in [6.07, 6.45) is 2.27. The Morgan fingerprint density at radius 1 is 1.29 bits per heavy atom. The zero-order valence-corrected chi connectivity index (χ0v) is 8.52. The molecular weight excluding hydrogens is 202 g/mol. The Bertz CT molecular complexity index is 263. The predicted molar refractivity (Wildman–Crippen MR) is 55.5 cm³/mol. The fraction of sp³-hybridized carbons (Fsp3) is 0.625. The second-order valence-corrected chi connectivity index (χ2v) is 3.83. The highest BCUT2D eigenvalue weighted by Gasteiger charge is 2.23. The van der Waals surface area contributed by atoms with E-state index in [0.717, 1.165) is 12.8 Å². The zero-order valence-electron chi connectivity index (χ0n) is 7.71. The minimum Gasteiger partial charge on any atom is -0.392 e. The van der Waals surface area contributed by atoms with Crippen LogP contribution in [0.2, 0.25) is 0 Å². The fourth-order valence-corrected chi connectivity index (χ4v) is 0.959. The summed E-state index contributed by atoms with van der Waals surface area (Å²) >= 11 is 4.55. The van der Waals surface area contributed by atoms with Crippen molar-refractivity contribution < 1.29 is 9.59 Å². The summed E-state index contributed by atoms with van der Waals surface area (Å²) in [5.74, 6) is -0.742. The van der Waals surface area contributed by atoms with E-state index in [0.29, 0.717) is 12.5 Å². The van der Waals surface area contributed by atoms with Crippen LogP contribution in [0.15, 0.2) is 0 Å². The van der Waals surface area contributed by atoms with Crippen LogP contribution >= 0.6 is 12.2 Å². The van der Waals surface area contributed by atoms with Gasteiger partial charge >= 0.3 is 11.8 Å². The Hall–Kier alpha value is -1.17. The van der Waals surface area contributed by atoms with Gasteiger partial charge in [0.05, 0.1) is 11.5 Å². The van der Waals surface area contributed by atoms with E-state index in [9.17, 15) is 9.59 Å². The molecule has 0 aromatic carbocycles. The van der Waals surface area contributed by atoms with Gasteiger partial charge < -0.3 is 16.4 Å². The summed E-state index contributed by atoms with van der Waals surface area (Å²) < 4.78 is 0. The van der Waals surface area contributed by atoms with E-state index < -0.39 is 11.8 Å². The first-order valence-corrected chi connectivity index (χ1v) is 4.84. The van der Waals surface area contributed by atoms with Crippen LogP contribution in [0.4, 0.5) is 0 Å². The molecule has 0 heterocycles. The second-order valence-electron chi connectivity index (χ2n) is 3.30. The SMILES string of the molecule is NC(=S)CNC(=O)C(=O)NCC1CC1. The summed E-state index contributed by atoms with van der Waals surface area (Å²) in [4.78, 5) is 22.3. The average molecular weight is 215 g/mol. The molecule has 1 saturated carbocycles. The first-order valence-electron chi connectivity index (χ1n) is 4.44. The zero-order chi connectivity index (χ0) is 10.6. The summed E-state index contributed by atoms with van der Waals surface area (Å²) in [6.45, 7) is 0.643. The molecule has 0 unspecified atom stereocenters. The van der Waals surface area contributed by atoms with Crippen LogP contribution in [0.3, 0.4) is 0 Å². The molecule has 0 aliphatic heterocycles. The van der Waals surface area contributed by atoms with Gasteiger partial charge in [-0.15, -0.1) is 0 Å². The smallest absolute Gasteiger partial charge is 0.309 e. The standard InChI is InChI=1S/C8H13N3O2S/c9-6(14)4-11-8(13)7(12)10-3-5-1-2-5/h5H,1-4H2,(H2,9,14)(H,10,12)(H,11,13). The normalized spacial score (nSPS) is 14.6. The van der Waals surface area contributed by atoms with E-state index in [1.165, 1.54) is 0 Å². The lowest BCUT2D eigenvalue weighted by molar-refractivity contribution is -0.139. The topological polar surface area (TPSA) is 84.2 Å². The summed E-state index contributed by atoms with van der Waals surface area (Å²) in [5.41, 5.74) is 5.16. The van der Waals surface area contributed by atoms with Crippen LogP contribution in [0.1, 0.15) is 12.8 Å². The first kappa shape index (κ1) is 10.9. The average Bonchev–Trinajstić information content (AvgIpc) is 2.93. The molecule has 0 spiro atoms. The number of thiocarbonyl (C=S) groups is 1. The number of nitrogens with two attached hydrogens (primary N) is 1. The monoisotopic (exact) mass is 215 g/mol. The van der Waals surface area contributed by atoms with Gasteiger partial charge in [-0.05, 0) is 18.8 Å². The lowest BCUT2D eigenvalue weighted by Gasteiger charge is -2.04. The molecule has 6 heteroatoms.